The van der Waals surface area contributed by atoms with Crippen molar-refractivity contribution < 1.29 is 9.53 Å². The van der Waals surface area contributed by atoms with Crippen molar-refractivity contribution >= 4 is 17.6 Å². The summed E-state index contributed by atoms with van der Waals surface area (Å²) in [6, 6.07) is 18.4. The topological polar surface area (TPSA) is 26.3 Å². The summed E-state index contributed by atoms with van der Waals surface area (Å²) in [5.74, 6) is -0.346. The smallest absolute Gasteiger partial charge is 0.313 e. The number of rotatable bonds is 4. The molecule has 0 unspecified atom stereocenters. The average molecular weight is 318 g/mol. The maximum atomic E-state index is 12.3. The molecule has 2 atom stereocenters. The summed E-state index contributed by atoms with van der Waals surface area (Å²) in [6.45, 7) is 2.11. The molecule has 2 nitrogen and oxygen atoms in total. The molecule has 2 heteroatoms. The second-order valence-corrected chi connectivity index (χ2v) is 6.19. The fraction of sp³-hybridized carbons (Fsp3) is 0.227. The van der Waals surface area contributed by atoms with Crippen LogP contribution < -0.4 is 0 Å². The van der Waals surface area contributed by atoms with Crippen LogP contribution in [-0.4, -0.2) is 13.1 Å². The zero-order chi connectivity index (χ0) is 16.9. The van der Waals surface area contributed by atoms with Gasteiger partial charge >= 0.3 is 5.97 Å². The molecule has 0 heterocycles. The number of ether oxygens (including phenoxy) is 1. The summed E-state index contributed by atoms with van der Waals surface area (Å²) >= 11 is 0. The van der Waals surface area contributed by atoms with Crippen LogP contribution in [0.15, 0.2) is 66.7 Å². The molecule has 3 rings (SSSR count). The lowest BCUT2D eigenvalue weighted by atomic mass is 9.78. The van der Waals surface area contributed by atoms with E-state index in [1.807, 2.05) is 42.5 Å². The highest BCUT2D eigenvalue weighted by molar-refractivity contribution is 5.78. The first-order valence-corrected chi connectivity index (χ1v) is 8.27. The van der Waals surface area contributed by atoms with Gasteiger partial charge in [-0.2, -0.15) is 0 Å². The molecule has 2 aromatic rings. The third-order valence-corrected chi connectivity index (χ3v) is 4.59. The molecule has 0 aliphatic heterocycles. The molecule has 1 aliphatic carbocycles. The predicted molar refractivity (Wildman–Crippen MR) is 98.3 cm³/mol. The fourth-order valence-electron chi connectivity index (χ4n) is 3.35. The van der Waals surface area contributed by atoms with E-state index >= 15 is 0 Å². The number of methoxy groups -OCH3 is 1. The van der Waals surface area contributed by atoms with Crippen LogP contribution in [-0.2, 0) is 16.0 Å². The van der Waals surface area contributed by atoms with Crippen LogP contribution in [0.3, 0.4) is 0 Å². The summed E-state index contributed by atoms with van der Waals surface area (Å²) in [6.07, 6.45) is 7.04. The zero-order valence-electron chi connectivity index (χ0n) is 14.1. The summed E-state index contributed by atoms with van der Waals surface area (Å²) in [4.78, 5) is 12.3. The molecule has 0 N–H and O–H groups in total. The average Bonchev–Trinajstić information content (AvgIpc) is 2.62. The second kappa shape index (κ2) is 7.31. The molecule has 2 aromatic carbocycles. The molecule has 24 heavy (non-hydrogen) atoms. The Balaban J connectivity index is 1.89. The maximum absolute atomic E-state index is 12.3. The molecule has 0 spiro atoms. The number of carbonyl (C=O) groups excluding carboxylic acids is 1. The summed E-state index contributed by atoms with van der Waals surface area (Å²) < 4.78 is 5.06. The van der Waals surface area contributed by atoms with Crippen LogP contribution in [0.1, 0.15) is 23.6 Å². The van der Waals surface area contributed by atoms with E-state index in [0.717, 1.165) is 12.0 Å². The molecule has 0 amide bonds. The van der Waals surface area contributed by atoms with Crippen LogP contribution in [0.4, 0.5) is 0 Å². The largest absolute Gasteiger partial charge is 0.469 e. The third-order valence-electron chi connectivity index (χ3n) is 4.59. The van der Waals surface area contributed by atoms with E-state index in [-0.39, 0.29) is 17.8 Å². The third kappa shape index (κ3) is 3.48. The van der Waals surface area contributed by atoms with Gasteiger partial charge in [-0.15, -0.1) is 0 Å². The molecule has 0 saturated carbocycles. The highest BCUT2D eigenvalue weighted by Crippen LogP contribution is 2.33. The van der Waals surface area contributed by atoms with Crippen LogP contribution in [0.25, 0.3) is 11.6 Å². The first-order chi connectivity index (χ1) is 11.7. The Kier molecular flexibility index (Phi) is 4.95. The number of carbonyl (C=O) groups is 1. The van der Waals surface area contributed by atoms with Crippen LogP contribution in [0.2, 0.25) is 0 Å². The van der Waals surface area contributed by atoms with Gasteiger partial charge in [-0.05, 0) is 41.5 Å². The number of benzene rings is 2. The zero-order valence-corrected chi connectivity index (χ0v) is 14.1. The van der Waals surface area contributed by atoms with Gasteiger partial charge in [0.1, 0.15) is 0 Å². The predicted octanol–water partition coefficient (Wildman–Crippen LogP) is 4.76. The quantitative estimate of drug-likeness (QED) is 0.759. The fourth-order valence-corrected chi connectivity index (χ4v) is 3.35. The van der Waals surface area contributed by atoms with E-state index in [0.29, 0.717) is 0 Å². The second-order valence-electron chi connectivity index (χ2n) is 6.19. The number of esters is 1. The normalized spacial score (nSPS) is 17.9. The van der Waals surface area contributed by atoms with E-state index in [4.69, 9.17) is 4.74 Å². The van der Waals surface area contributed by atoms with E-state index < -0.39 is 0 Å². The summed E-state index contributed by atoms with van der Waals surface area (Å²) in [5, 5.41) is 0. The lowest BCUT2D eigenvalue weighted by Gasteiger charge is -2.26. The molecular formula is C22H22O2. The van der Waals surface area contributed by atoms with Gasteiger partial charge in [-0.3, -0.25) is 4.79 Å². The van der Waals surface area contributed by atoms with Crippen molar-refractivity contribution in [3.63, 3.8) is 0 Å². The minimum atomic E-state index is -0.279. The molecular weight excluding hydrogens is 296 g/mol. The van der Waals surface area contributed by atoms with Crippen LogP contribution in [0.5, 0.6) is 0 Å². The Morgan fingerprint density at radius 2 is 1.83 bits per heavy atom. The molecule has 0 saturated heterocycles. The molecule has 122 valence electrons. The molecule has 0 radical (unpaired) electrons. The number of fused-ring (bicyclic) bond motifs is 1. The van der Waals surface area contributed by atoms with Crippen molar-refractivity contribution in [2.24, 2.45) is 11.8 Å². The SMILES string of the molecule is COC(=O)[C@H](C=Cc1ccccc1)[C@@H]1C=C(C)c2ccccc2C1. The monoisotopic (exact) mass is 318 g/mol. The Hall–Kier alpha value is -2.61. The summed E-state index contributed by atoms with van der Waals surface area (Å²) in [7, 11) is 1.46. The van der Waals surface area contributed by atoms with Crippen molar-refractivity contribution in [1.29, 1.82) is 0 Å². The van der Waals surface area contributed by atoms with E-state index in [1.165, 1.54) is 23.8 Å². The van der Waals surface area contributed by atoms with Crippen LogP contribution >= 0.6 is 0 Å². The lowest BCUT2D eigenvalue weighted by Crippen LogP contribution is -2.26. The van der Waals surface area contributed by atoms with Crippen LogP contribution in [0, 0.1) is 11.8 Å². The molecule has 0 aromatic heterocycles. The van der Waals surface area contributed by atoms with E-state index in [1.54, 1.807) is 0 Å². The Bertz CT molecular complexity index is 772. The van der Waals surface area contributed by atoms with E-state index in [9.17, 15) is 4.79 Å². The van der Waals surface area contributed by atoms with E-state index in [2.05, 4.69) is 37.3 Å². The first kappa shape index (κ1) is 16.3. The highest BCUT2D eigenvalue weighted by atomic mass is 16.5. The maximum Gasteiger partial charge on any atom is 0.313 e. The van der Waals surface area contributed by atoms with Gasteiger partial charge < -0.3 is 4.74 Å². The van der Waals surface area contributed by atoms with Crippen molar-refractivity contribution in [2.45, 2.75) is 13.3 Å². The van der Waals surface area contributed by atoms with Gasteiger partial charge in [-0.25, -0.2) is 0 Å². The van der Waals surface area contributed by atoms with Gasteiger partial charge in [0.05, 0.1) is 13.0 Å². The minimum Gasteiger partial charge on any atom is -0.469 e. The van der Waals surface area contributed by atoms with Crippen molar-refractivity contribution in [3.8, 4) is 0 Å². The Labute approximate surface area is 143 Å². The van der Waals surface area contributed by atoms with Gasteiger partial charge in [0.15, 0.2) is 0 Å². The van der Waals surface area contributed by atoms with Gasteiger partial charge in [0, 0.05) is 0 Å². The van der Waals surface area contributed by atoms with Crippen molar-refractivity contribution in [1.82, 2.24) is 0 Å². The number of hydrogen-bond acceptors (Lipinski definition) is 2. The first-order valence-electron chi connectivity index (χ1n) is 8.27. The Morgan fingerprint density at radius 3 is 2.58 bits per heavy atom. The highest BCUT2D eigenvalue weighted by Gasteiger charge is 2.29. The van der Waals surface area contributed by atoms with Crippen molar-refractivity contribution in [2.75, 3.05) is 7.11 Å². The van der Waals surface area contributed by atoms with Gasteiger partial charge in [-0.1, -0.05) is 72.8 Å². The standard InChI is InChI=1S/C22H22O2/c1-16-14-19(15-18-10-6-7-11-20(16)18)21(22(23)24-2)13-12-17-8-4-3-5-9-17/h3-14,19,21H,15H2,1-2H3/t19-,21-/m1/s1. The summed E-state index contributed by atoms with van der Waals surface area (Å²) in [5.41, 5.74) is 4.89. The minimum absolute atomic E-state index is 0.118. The van der Waals surface area contributed by atoms with Gasteiger partial charge in [0.2, 0.25) is 0 Å². The number of allylic oxidation sites excluding steroid dienone is 2. The lowest BCUT2D eigenvalue weighted by molar-refractivity contribution is -0.144. The molecule has 0 fully saturated rings. The van der Waals surface area contributed by atoms with Crippen molar-refractivity contribution in [3.05, 3.63) is 83.4 Å². The Morgan fingerprint density at radius 1 is 1.12 bits per heavy atom. The number of hydrogen-bond donors (Lipinski definition) is 0. The van der Waals surface area contributed by atoms with Gasteiger partial charge in [0.25, 0.3) is 0 Å². The molecule has 0 bridgehead atoms. The molecule has 1 aliphatic rings.